The van der Waals surface area contributed by atoms with Crippen molar-refractivity contribution in [3.05, 3.63) is 46.5 Å². The first-order valence-electron chi connectivity index (χ1n) is 13.3. The summed E-state index contributed by atoms with van der Waals surface area (Å²) in [7, 11) is -2.91. The maximum absolute atomic E-state index is 12.2. The van der Waals surface area contributed by atoms with Crippen LogP contribution in [0.15, 0.2) is 24.3 Å². The van der Waals surface area contributed by atoms with E-state index in [1.165, 1.54) is 11.1 Å². The molecule has 1 aliphatic rings. The number of hydrogen-bond acceptors (Lipinski definition) is 4. The molecule has 186 valence electrons. The van der Waals surface area contributed by atoms with E-state index in [0.29, 0.717) is 11.5 Å². The van der Waals surface area contributed by atoms with Gasteiger partial charge in [-0.2, -0.15) is 0 Å². The minimum atomic E-state index is -2.91. The lowest BCUT2D eigenvalue weighted by Crippen LogP contribution is -2.23. The Morgan fingerprint density at radius 1 is 0.676 bits per heavy atom. The molecule has 3 rings (SSSR count). The number of ether oxygens (including phenoxy) is 2. The van der Waals surface area contributed by atoms with Gasteiger partial charge in [-0.1, -0.05) is 70.1 Å². The predicted octanol–water partition coefficient (Wildman–Crippen LogP) is 7.88. The first kappa shape index (κ1) is 26.7. The van der Waals surface area contributed by atoms with E-state index in [4.69, 9.17) is 9.47 Å². The second kappa shape index (κ2) is 13.3. The predicted molar refractivity (Wildman–Crippen MR) is 139 cm³/mol. The molecule has 1 aliphatic heterocycles. The molecule has 0 saturated heterocycles. The highest BCUT2D eigenvalue weighted by molar-refractivity contribution is 7.36. The fourth-order valence-electron chi connectivity index (χ4n) is 4.66. The largest absolute Gasteiger partial charge is 0.589 e. The monoisotopic (exact) mass is 484 g/mol. The SMILES string of the molecule is CCCCc1cc(CCCC)c2c(c1)-c1cc(CCCC)cc(CCCC)c1OC([P+](=O)[O-])O2. The molecule has 34 heavy (non-hydrogen) atoms. The molecule has 0 spiro atoms. The lowest BCUT2D eigenvalue weighted by molar-refractivity contribution is -0.179. The first-order chi connectivity index (χ1) is 16.5. The summed E-state index contributed by atoms with van der Waals surface area (Å²) in [6.07, 6.45) is 12.5. The topological polar surface area (TPSA) is 58.6 Å². The Hall–Kier alpha value is -1.90. The number of benzene rings is 2. The lowest BCUT2D eigenvalue weighted by Gasteiger charge is -2.17. The van der Waals surface area contributed by atoms with E-state index in [0.717, 1.165) is 99.3 Å². The van der Waals surface area contributed by atoms with Crippen molar-refractivity contribution in [3.63, 3.8) is 0 Å². The maximum Gasteiger partial charge on any atom is 0.443 e. The van der Waals surface area contributed by atoms with Crippen molar-refractivity contribution >= 4 is 8.03 Å². The Morgan fingerprint density at radius 3 is 1.41 bits per heavy atom. The van der Waals surface area contributed by atoms with Gasteiger partial charge in [0.2, 0.25) is 0 Å². The zero-order chi connectivity index (χ0) is 24.5. The van der Waals surface area contributed by atoms with Crippen LogP contribution in [0.4, 0.5) is 0 Å². The molecular formula is C29H41O4P. The Labute approximate surface area is 206 Å². The van der Waals surface area contributed by atoms with E-state index in [1.807, 2.05) is 0 Å². The van der Waals surface area contributed by atoms with Crippen molar-refractivity contribution in [2.75, 3.05) is 0 Å². The van der Waals surface area contributed by atoms with Gasteiger partial charge in [0.25, 0.3) is 0 Å². The Morgan fingerprint density at radius 2 is 1.06 bits per heavy atom. The highest BCUT2D eigenvalue weighted by atomic mass is 31.1. The molecule has 0 amide bonds. The van der Waals surface area contributed by atoms with Crippen LogP contribution in [0, 0.1) is 0 Å². The van der Waals surface area contributed by atoms with Crippen molar-refractivity contribution in [3.8, 4) is 22.6 Å². The Bertz CT molecular complexity index is 898. The van der Waals surface area contributed by atoms with Crippen molar-refractivity contribution < 1.29 is 18.9 Å². The highest BCUT2D eigenvalue weighted by Gasteiger charge is 2.35. The van der Waals surface area contributed by atoms with Gasteiger partial charge in [0, 0.05) is 11.1 Å². The molecule has 0 fully saturated rings. The maximum atomic E-state index is 12.2. The van der Waals surface area contributed by atoms with Gasteiger partial charge >= 0.3 is 14.1 Å². The van der Waals surface area contributed by atoms with Gasteiger partial charge in [-0.15, -0.1) is 0 Å². The second-order valence-electron chi connectivity index (χ2n) is 9.51. The van der Waals surface area contributed by atoms with Crippen molar-refractivity contribution in [1.82, 2.24) is 0 Å². The third-order valence-corrected chi connectivity index (χ3v) is 7.14. The van der Waals surface area contributed by atoms with Crippen LogP contribution in [0.1, 0.15) is 101 Å². The number of rotatable bonds is 13. The lowest BCUT2D eigenvalue weighted by atomic mass is 9.90. The normalized spacial score (nSPS) is 13.5. The van der Waals surface area contributed by atoms with Crippen molar-refractivity contribution in [2.24, 2.45) is 0 Å². The van der Waals surface area contributed by atoms with Crippen molar-refractivity contribution in [2.45, 2.75) is 111 Å². The smallest absolute Gasteiger partial charge is 0.443 e. The minimum absolute atomic E-state index is 0.686. The molecule has 0 N–H and O–H groups in total. The average molecular weight is 485 g/mol. The molecule has 5 heteroatoms. The standard InChI is InChI=1S/C29H41O4P/c1-5-9-13-21-17-23(15-11-7-3)27-25(19-21)26-20-22(14-10-6-2)18-24(16-12-8-4)28(26)33-29(32-27)34(30)31/h17-20,29H,5-16H2,1-4H3. The molecule has 1 atom stereocenters. The van der Waals surface area contributed by atoms with Gasteiger partial charge in [0.15, 0.2) is 0 Å². The van der Waals surface area contributed by atoms with Gasteiger partial charge in [0.05, 0.1) is 0 Å². The molecule has 1 unspecified atom stereocenters. The van der Waals surface area contributed by atoms with Gasteiger partial charge in [-0.25, -0.2) is 0 Å². The van der Waals surface area contributed by atoms with Gasteiger partial charge < -0.3 is 14.4 Å². The van der Waals surface area contributed by atoms with E-state index in [9.17, 15) is 9.46 Å². The molecule has 0 aliphatic carbocycles. The minimum Gasteiger partial charge on any atom is -0.589 e. The van der Waals surface area contributed by atoms with E-state index in [2.05, 4.69) is 52.0 Å². The Balaban J connectivity index is 2.26. The zero-order valence-corrected chi connectivity index (χ0v) is 22.3. The number of fused-ring (bicyclic) bond motifs is 3. The van der Waals surface area contributed by atoms with Gasteiger partial charge in [-0.3, -0.25) is 0 Å². The highest BCUT2D eigenvalue weighted by Crippen LogP contribution is 2.48. The van der Waals surface area contributed by atoms with Gasteiger partial charge in [0.1, 0.15) is 11.5 Å². The van der Waals surface area contributed by atoms with Crippen LogP contribution in [0.2, 0.25) is 0 Å². The van der Waals surface area contributed by atoms with Crippen LogP contribution in [0.25, 0.3) is 11.1 Å². The summed E-state index contributed by atoms with van der Waals surface area (Å²) in [6, 6.07) is 7.58. The first-order valence-corrected chi connectivity index (χ1v) is 14.6. The third-order valence-electron chi connectivity index (χ3n) is 6.59. The molecular weight excluding hydrogens is 443 g/mol. The van der Waals surface area contributed by atoms with Crippen LogP contribution in [-0.2, 0) is 30.2 Å². The second-order valence-corrected chi connectivity index (χ2v) is 10.5. The molecule has 4 nitrogen and oxygen atoms in total. The average Bonchev–Trinajstić information content (AvgIpc) is 3.00. The van der Waals surface area contributed by atoms with E-state index in [1.54, 1.807) is 0 Å². The van der Waals surface area contributed by atoms with E-state index < -0.39 is 14.1 Å². The molecule has 0 bridgehead atoms. The van der Waals surface area contributed by atoms with Crippen LogP contribution in [0.5, 0.6) is 11.5 Å². The summed E-state index contributed by atoms with van der Waals surface area (Å²) in [5.74, 6) is 1.37. The fraction of sp³-hybridized carbons (Fsp3) is 0.586. The number of aryl methyl sites for hydroxylation is 4. The van der Waals surface area contributed by atoms with E-state index in [-0.39, 0.29) is 0 Å². The van der Waals surface area contributed by atoms with Crippen LogP contribution < -0.4 is 14.4 Å². The van der Waals surface area contributed by atoms with Crippen LogP contribution in [0.3, 0.4) is 0 Å². The summed E-state index contributed by atoms with van der Waals surface area (Å²) in [6.45, 7) is 8.78. The molecule has 2 aromatic rings. The molecule has 2 aromatic carbocycles. The van der Waals surface area contributed by atoms with Crippen LogP contribution >= 0.6 is 8.03 Å². The zero-order valence-electron chi connectivity index (χ0n) is 21.5. The summed E-state index contributed by atoms with van der Waals surface area (Å²) < 4.78 is 24.5. The Kier molecular flexibility index (Phi) is 10.4. The molecule has 0 aromatic heterocycles. The molecule has 1 heterocycles. The van der Waals surface area contributed by atoms with Crippen molar-refractivity contribution in [1.29, 1.82) is 0 Å². The molecule has 0 saturated carbocycles. The summed E-state index contributed by atoms with van der Waals surface area (Å²) >= 11 is 0. The van der Waals surface area contributed by atoms with E-state index >= 15 is 0 Å². The quantitative estimate of drug-likeness (QED) is 0.271. The third kappa shape index (κ3) is 6.61. The summed E-state index contributed by atoms with van der Waals surface area (Å²) in [4.78, 5) is 12.2. The number of hydrogen-bond donors (Lipinski definition) is 0. The summed E-state index contributed by atoms with van der Waals surface area (Å²) in [5.41, 5.74) is 6.76. The fourth-order valence-corrected chi connectivity index (χ4v) is 5.04. The summed E-state index contributed by atoms with van der Waals surface area (Å²) in [5, 5.41) is 0. The number of unbranched alkanes of at least 4 members (excludes halogenated alkanes) is 4. The molecule has 0 radical (unpaired) electrons. The van der Waals surface area contributed by atoms with Gasteiger partial charge in [-0.05, 0) is 85.8 Å². The van der Waals surface area contributed by atoms with Crippen LogP contribution in [-0.4, -0.2) is 6.03 Å².